The Balaban J connectivity index is 0.00000506. The molecule has 0 unspecified atom stereocenters. The smallest absolute Gasteiger partial charge is 1.00 e. The van der Waals surface area contributed by atoms with Crippen molar-refractivity contribution in [3.05, 3.63) is 110 Å². The molecule has 0 aliphatic carbocycles. The van der Waals surface area contributed by atoms with Crippen LogP contribution in [0, 0.1) is 34.6 Å². The zero-order valence-electron chi connectivity index (χ0n) is 30.4. The standard InChI is InChI=1S/C41H55Si.3ClH.Ti/c1-24(2)33-17-34(25(3)4)20-38(19-33)42(39-21-35(26(5)6)18-36(22-39)27(7)8)23-40-31(12)30(11)32(13)41(40)37-15-28(9)14-29(10)16-37;;;;/h14-22,24-27,42H,23H2,1-13H3;3*1H;/q-1;;;;+4/p-3. The van der Waals surface area contributed by atoms with Gasteiger partial charge in [-0.15, -0.1) is 16.7 Å². The van der Waals surface area contributed by atoms with Gasteiger partial charge in [0.15, 0.2) is 0 Å². The van der Waals surface area contributed by atoms with Crippen molar-refractivity contribution < 1.29 is 58.9 Å². The molecule has 0 N–H and O–H groups in total. The molecule has 4 aromatic carbocycles. The summed E-state index contributed by atoms with van der Waals surface area (Å²) in [4.78, 5) is 0. The zero-order valence-corrected chi connectivity index (χ0v) is 35.4. The van der Waals surface area contributed by atoms with Crippen LogP contribution in [0.4, 0.5) is 0 Å². The third-order valence-corrected chi connectivity index (χ3v) is 12.7. The van der Waals surface area contributed by atoms with Crippen LogP contribution < -0.4 is 47.6 Å². The van der Waals surface area contributed by atoms with Gasteiger partial charge < -0.3 is 37.2 Å². The fourth-order valence-electron chi connectivity index (χ4n) is 6.65. The van der Waals surface area contributed by atoms with Crippen LogP contribution in [-0.2, 0) is 27.8 Å². The Morgan fingerprint density at radius 2 is 0.848 bits per heavy atom. The van der Waals surface area contributed by atoms with E-state index < -0.39 is 8.80 Å². The van der Waals surface area contributed by atoms with E-state index in [1.807, 2.05) is 0 Å². The minimum absolute atomic E-state index is 0. The summed E-state index contributed by atoms with van der Waals surface area (Å²) in [5.74, 6) is 2.06. The van der Waals surface area contributed by atoms with Gasteiger partial charge in [0, 0.05) is 0 Å². The molecule has 0 radical (unpaired) electrons. The van der Waals surface area contributed by atoms with Crippen LogP contribution in [0.5, 0.6) is 0 Å². The first-order valence-corrected chi connectivity index (χ1v) is 18.3. The molecule has 0 saturated heterocycles. The van der Waals surface area contributed by atoms with E-state index in [0.717, 1.165) is 6.04 Å². The Morgan fingerprint density at radius 1 is 0.500 bits per heavy atom. The van der Waals surface area contributed by atoms with E-state index >= 15 is 0 Å². The zero-order chi connectivity index (χ0) is 31.0. The molecule has 0 amide bonds. The minimum Gasteiger partial charge on any atom is -1.00 e. The fraction of sp³-hybridized carbons (Fsp3) is 0.439. The number of benzene rings is 3. The Bertz CT molecular complexity index is 1440. The molecule has 0 saturated carbocycles. The van der Waals surface area contributed by atoms with Gasteiger partial charge in [-0.1, -0.05) is 164 Å². The molecule has 0 aliphatic rings. The third-order valence-electron chi connectivity index (χ3n) is 9.64. The van der Waals surface area contributed by atoms with Crippen LogP contribution in [0.15, 0.2) is 54.6 Å². The number of rotatable bonds is 9. The van der Waals surface area contributed by atoms with Gasteiger partial charge in [0.2, 0.25) is 0 Å². The van der Waals surface area contributed by atoms with Crippen molar-refractivity contribution in [1.29, 1.82) is 0 Å². The van der Waals surface area contributed by atoms with Crippen LogP contribution in [-0.4, -0.2) is 8.80 Å². The summed E-state index contributed by atoms with van der Waals surface area (Å²) < 4.78 is 0. The second kappa shape index (κ2) is 18.5. The van der Waals surface area contributed by atoms with E-state index in [0.29, 0.717) is 23.7 Å². The van der Waals surface area contributed by atoms with E-state index in [4.69, 9.17) is 0 Å². The summed E-state index contributed by atoms with van der Waals surface area (Å²) in [7, 11) is -1.67. The van der Waals surface area contributed by atoms with Gasteiger partial charge in [-0.3, -0.25) is 0 Å². The summed E-state index contributed by atoms with van der Waals surface area (Å²) in [6.45, 7) is 30.3. The normalized spacial score (nSPS) is 11.1. The number of halogens is 3. The maximum atomic E-state index is 2.58. The molecule has 248 valence electrons. The molecule has 0 bridgehead atoms. The molecule has 0 aromatic heterocycles. The van der Waals surface area contributed by atoms with Crippen molar-refractivity contribution in [3.8, 4) is 11.1 Å². The van der Waals surface area contributed by atoms with Crippen LogP contribution in [0.1, 0.15) is 135 Å². The van der Waals surface area contributed by atoms with Crippen molar-refractivity contribution in [2.75, 3.05) is 0 Å². The molecule has 46 heavy (non-hydrogen) atoms. The van der Waals surface area contributed by atoms with Gasteiger partial charge in [-0.2, -0.15) is 11.1 Å². The van der Waals surface area contributed by atoms with Gasteiger partial charge in [-0.25, -0.2) is 0 Å². The predicted molar refractivity (Wildman–Crippen MR) is 191 cm³/mol. The first kappa shape index (κ1) is 44.8. The molecule has 0 nitrogen and oxygen atoms in total. The van der Waals surface area contributed by atoms with Gasteiger partial charge >= 0.3 is 21.7 Å². The molecule has 0 aliphatic heterocycles. The van der Waals surface area contributed by atoms with E-state index in [1.54, 1.807) is 15.9 Å². The minimum atomic E-state index is -1.67. The van der Waals surface area contributed by atoms with E-state index in [-0.39, 0.29) is 58.9 Å². The van der Waals surface area contributed by atoms with E-state index in [1.165, 1.54) is 61.2 Å². The van der Waals surface area contributed by atoms with Gasteiger partial charge in [-0.05, 0) is 59.8 Å². The maximum Gasteiger partial charge on any atom is 4.00 e. The number of hydrogen-bond donors (Lipinski definition) is 0. The van der Waals surface area contributed by atoms with Crippen molar-refractivity contribution in [2.45, 2.75) is 120 Å². The predicted octanol–water partition coefficient (Wildman–Crippen LogP) is 1.24. The largest absolute Gasteiger partial charge is 4.00 e. The fourth-order valence-corrected chi connectivity index (χ4v) is 10.00. The monoisotopic (exact) mass is 728 g/mol. The van der Waals surface area contributed by atoms with Crippen molar-refractivity contribution >= 4 is 19.2 Å². The van der Waals surface area contributed by atoms with Gasteiger partial charge in [0.25, 0.3) is 0 Å². The van der Waals surface area contributed by atoms with Crippen LogP contribution in [0.3, 0.4) is 0 Å². The van der Waals surface area contributed by atoms with Crippen LogP contribution in [0.25, 0.3) is 11.1 Å². The molecule has 4 aromatic rings. The molecule has 0 spiro atoms. The molecule has 4 rings (SSSR count). The Labute approximate surface area is 317 Å². The average molecular weight is 730 g/mol. The van der Waals surface area contributed by atoms with Crippen molar-refractivity contribution in [1.82, 2.24) is 0 Å². The number of hydrogen-bond acceptors (Lipinski definition) is 0. The van der Waals surface area contributed by atoms with E-state index in [2.05, 4.69) is 145 Å². The second-order valence-corrected chi connectivity index (χ2v) is 17.2. The molecule has 0 heterocycles. The SMILES string of the molecule is Cc1cc(C)cc(-c2c(C)c(C)c(C)[c-]2C[SiH](c2cc(C(C)C)cc(C(C)C)c2)c2cc(C(C)C)cc(C(C)C)c2)c1.[Cl-].[Cl-].[Cl-].[Ti+4]. The van der Waals surface area contributed by atoms with E-state index in [9.17, 15) is 0 Å². The molecule has 0 fully saturated rings. The summed E-state index contributed by atoms with van der Waals surface area (Å²) >= 11 is 0. The maximum absolute atomic E-state index is 2.58. The Morgan fingerprint density at radius 3 is 1.17 bits per heavy atom. The quantitative estimate of drug-likeness (QED) is 0.180. The van der Waals surface area contributed by atoms with Gasteiger partial charge in [0.05, 0.1) is 8.80 Å². The van der Waals surface area contributed by atoms with Crippen LogP contribution in [0.2, 0.25) is 0 Å². The van der Waals surface area contributed by atoms with Crippen molar-refractivity contribution in [2.24, 2.45) is 0 Å². The summed E-state index contributed by atoms with van der Waals surface area (Å²) in [6.07, 6.45) is 0. The average Bonchev–Trinajstić information content (AvgIpc) is 3.13. The first-order valence-electron chi connectivity index (χ1n) is 16.3. The summed E-state index contributed by atoms with van der Waals surface area (Å²) in [5.41, 5.74) is 17.5. The summed E-state index contributed by atoms with van der Waals surface area (Å²) in [6, 6.07) is 23.5. The topological polar surface area (TPSA) is 0 Å². The Kier molecular flexibility index (Phi) is 18.1. The summed E-state index contributed by atoms with van der Waals surface area (Å²) in [5, 5.41) is 3.20. The number of aryl methyl sites for hydroxylation is 2. The molecule has 0 atom stereocenters. The molecular formula is C41H55Cl3SiTi. The van der Waals surface area contributed by atoms with Crippen molar-refractivity contribution in [3.63, 3.8) is 0 Å². The van der Waals surface area contributed by atoms with Crippen LogP contribution >= 0.6 is 0 Å². The molecular weight excluding hydrogens is 675 g/mol. The van der Waals surface area contributed by atoms with Gasteiger partial charge in [0.1, 0.15) is 0 Å². The first-order chi connectivity index (χ1) is 19.7. The molecule has 5 heteroatoms. The second-order valence-electron chi connectivity index (χ2n) is 14.3. The third kappa shape index (κ3) is 9.93. The Hall–Kier alpha value is -1.19.